The van der Waals surface area contributed by atoms with Crippen LogP contribution in [-0.2, 0) is 16.1 Å². The number of rotatable bonds is 9. The van der Waals surface area contributed by atoms with Crippen molar-refractivity contribution < 1.29 is 23.9 Å². The number of piperidine rings is 1. The number of hydrogen-bond acceptors (Lipinski definition) is 11. The number of fused-ring (bicyclic) bond motifs is 1. The van der Waals surface area contributed by atoms with E-state index in [4.69, 9.17) is 19.2 Å². The summed E-state index contributed by atoms with van der Waals surface area (Å²) in [6, 6.07) is 7.08. The number of hydrogen-bond donors (Lipinski definition) is 1. The number of nitro groups is 1. The standard InChI is InChI=1S/C23H27N5O6S/c1-4-34-22(29)15-7-9-27(10-8-15)23-25-20(16-12-19(28(30)31)35-21(16)26-23)24-13-14-5-6-17(32-2)18(11-14)33-3/h5-6,11-12,15H,4,7-10,13H2,1-3H3,(H,24,25,26). The van der Waals surface area contributed by atoms with E-state index in [1.54, 1.807) is 21.1 Å². The number of nitrogens with one attached hydrogen (secondary N) is 1. The van der Waals surface area contributed by atoms with Crippen molar-refractivity contribution in [2.45, 2.75) is 26.3 Å². The number of anilines is 2. The Morgan fingerprint density at radius 1 is 1.20 bits per heavy atom. The van der Waals surface area contributed by atoms with Crippen LogP contribution in [0.1, 0.15) is 25.3 Å². The average molecular weight is 502 g/mol. The molecule has 1 N–H and O–H groups in total. The number of esters is 1. The first-order valence-electron chi connectivity index (χ1n) is 11.3. The Hall–Kier alpha value is -3.67. The highest BCUT2D eigenvalue weighted by molar-refractivity contribution is 7.21. The molecule has 0 saturated carbocycles. The lowest BCUT2D eigenvalue weighted by Gasteiger charge is -2.31. The van der Waals surface area contributed by atoms with Gasteiger partial charge in [-0.3, -0.25) is 14.9 Å². The Balaban J connectivity index is 1.59. The topological polar surface area (TPSA) is 129 Å². The molecular weight excluding hydrogens is 474 g/mol. The maximum absolute atomic E-state index is 12.1. The molecule has 0 radical (unpaired) electrons. The van der Waals surface area contributed by atoms with Gasteiger partial charge in [0.1, 0.15) is 10.6 Å². The van der Waals surface area contributed by atoms with Gasteiger partial charge in [-0.1, -0.05) is 6.07 Å². The lowest BCUT2D eigenvalue weighted by molar-refractivity contribution is -0.380. The van der Waals surface area contributed by atoms with Gasteiger partial charge in [-0.15, -0.1) is 0 Å². The maximum Gasteiger partial charge on any atom is 0.326 e. The fraction of sp³-hybridized carbons (Fsp3) is 0.435. The molecule has 4 rings (SSSR count). The van der Waals surface area contributed by atoms with Crippen molar-refractivity contribution in [1.82, 2.24) is 9.97 Å². The lowest BCUT2D eigenvalue weighted by Crippen LogP contribution is -2.38. The van der Waals surface area contributed by atoms with Crippen molar-refractivity contribution in [3.63, 3.8) is 0 Å². The normalized spacial score (nSPS) is 14.1. The van der Waals surface area contributed by atoms with Crippen molar-refractivity contribution in [3.8, 4) is 11.5 Å². The number of carbonyl (C=O) groups excluding carboxylic acids is 1. The molecule has 2 aromatic heterocycles. The van der Waals surface area contributed by atoms with Crippen LogP contribution in [-0.4, -0.2) is 54.8 Å². The number of carbonyl (C=O) groups is 1. The van der Waals surface area contributed by atoms with E-state index in [0.717, 1.165) is 16.9 Å². The van der Waals surface area contributed by atoms with Crippen LogP contribution in [0.4, 0.5) is 16.8 Å². The third-order valence-corrected chi connectivity index (χ3v) is 6.83. The van der Waals surface area contributed by atoms with Gasteiger partial charge in [-0.2, -0.15) is 4.98 Å². The molecule has 0 aliphatic carbocycles. The Morgan fingerprint density at radius 2 is 1.94 bits per heavy atom. The van der Waals surface area contributed by atoms with E-state index in [2.05, 4.69) is 10.3 Å². The highest BCUT2D eigenvalue weighted by atomic mass is 32.1. The maximum atomic E-state index is 12.1. The number of aromatic nitrogens is 2. The Labute approximate surface area is 206 Å². The van der Waals surface area contributed by atoms with Gasteiger partial charge in [-0.05, 0) is 48.8 Å². The quantitative estimate of drug-likeness (QED) is 0.261. The smallest absolute Gasteiger partial charge is 0.326 e. The predicted octanol–water partition coefficient (Wildman–Crippen LogP) is 4.01. The minimum Gasteiger partial charge on any atom is -0.493 e. The molecule has 3 aromatic rings. The first-order valence-corrected chi connectivity index (χ1v) is 12.1. The second-order valence-electron chi connectivity index (χ2n) is 7.99. The van der Waals surface area contributed by atoms with Crippen molar-refractivity contribution in [3.05, 3.63) is 39.9 Å². The average Bonchev–Trinajstić information content (AvgIpc) is 3.32. The summed E-state index contributed by atoms with van der Waals surface area (Å²) in [5.74, 6) is 1.91. The molecule has 3 heterocycles. The SMILES string of the molecule is CCOC(=O)C1CCN(c2nc(NCc3ccc(OC)c(OC)c3)c3cc([N+](=O)[O-])sc3n2)CC1. The van der Waals surface area contributed by atoms with Gasteiger partial charge in [-0.25, -0.2) is 4.98 Å². The molecule has 0 unspecified atom stereocenters. The molecule has 11 nitrogen and oxygen atoms in total. The fourth-order valence-corrected chi connectivity index (χ4v) is 4.86. The third kappa shape index (κ3) is 5.37. The lowest BCUT2D eigenvalue weighted by atomic mass is 9.97. The van der Waals surface area contributed by atoms with Gasteiger partial charge >= 0.3 is 11.0 Å². The summed E-state index contributed by atoms with van der Waals surface area (Å²) in [7, 11) is 3.15. The third-order valence-electron chi connectivity index (χ3n) is 5.85. The van der Waals surface area contributed by atoms with E-state index in [0.29, 0.717) is 72.6 Å². The summed E-state index contributed by atoms with van der Waals surface area (Å²) in [6.45, 7) is 3.77. The molecule has 0 amide bonds. The van der Waals surface area contributed by atoms with Crippen LogP contribution in [0.2, 0.25) is 0 Å². The molecular formula is C23H27N5O6S. The van der Waals surface area contributed by atoms with E-state index in [1.165, 1.54) is 6.07 Å². The van der Waals surface area contributed by atoms with Crippen LogP contribution in [0.5, 0.6) is 11.5 Å². The summed E-state index contributed by atoms with van der Waals surface area (Å²) in [5, 5.41) is 15.3. The Kier molecular flexibility index (Phi) is 7.49. The number of nitrogens with zero attached hydrogens (tertiary/aromatic N) is 4. The van der Waals surface area contributed by atoms with Gasteiger partial charge in [0.05, 0.1) is 37.1 Å². The minimum atomic E-state index is -0.422. The number of benzene rings is 1. The molecule has 1 aromatic carbocycles. The van der Waals surface area contributed by atoms with Crippen LogP contribution in [0.3, 0.4) is 0 Å². The number of methoxy groups -OCH3 is 2. The molecule has 1 aliphatic rings. The van der Waals surface area contributed by atoms with Crippen molar-refractivity contribution in [1.29, 1.82) is 0 Å². The van der Waals surface area contributed by atoms with E-state index < -0.39 is 4.92 Å². The molecule has 0 bridgehead atoms. The van der Waals surface area contributed by atoms with Crippen LogP contribution in [0.25, 0.3) is 10.2 Å². The summed E-state index contributed by atoms with van der Waals surface area (Å²) < 4.78 is 15.8. The van der Waals surface area contributed by atoms with Crippen LogP contribution < -0.4 is 19.7 Å². The van der Waals surface area contributed by atoms with E-state index in [-0.39, 0.29) is 16.9 Å². The number of thiophene rings is 1. The first-order chi connectivity index (χ1) is 16.9. The molecule has 0 atom stereocenters. The van der Waals surface area contributed by atoms with Crippen molar-refractivity contribution >= 4 is 44.3 Å². The van der Waals surface area contributed by atoms with Gasteiger partial charge in [0.2, 0.25) is 5.95 Å². The summed E-state index contributed by atoms with van der Waals surface area (Å²) in [4.78, 5) is 34.9. The highest BCUT2D eigenvalue weighted by Crippen LogP contribution is 2.36. The predicted molar refractivity (Wildman–Crippen MR) is 133 cm³/mol. The molecule has 0 spiro atoms. The van der Waals surface area contributed by atoms with Gasteiger partial charge in [0, 0.05) is 25.7 Å². The van der Waals surface area contributed by atoms with Crippen molar-refractivity contribution in [2.75, 3.05) is 44.1 Å². The van der Waals surface area contributed by atoms with Crippen molar-refractivity contribution in [2.24, 2.45) is 5.92 Å². The first kappa shape index (κ1) is 24.5. The molecule has 12 heteroatoms. The van der Waals surface area contributed by atoms with Gasteiger partial charge < -0.3 is 24.4 Å². The fourth-order valence-electron chi connectivity index (χ4n) is 4.02. The molecule has 1 saturated heterocycles. The highest BCUT2D eigenvalue weighted by Gasteiger charge is 2.28. The summed E-state index contributed by atoms with van der Waals surface area (Å²) >= 11 is 1.01. The van der Waals surface area contributed by atoms with E-state index in [9.17, 15) is 14.9 Å². The van der Waals surface area contributed by atoms with Crippen LogP contribution in [0, 0.1) is 16.0 Å². The van der Waals surface area contributed by atoms with E-state index in [1.807, 2.05) is 23.1 Å². The zero-order valence-electron chi connectivity index (χ0n) is 19.8. The largest absolute Gasteiger partial charge is 0.493 e. The summed E-state index contributed by atoms with van der Waals surface area (Å²) in [5.41, 5.74) is 0.927. The Bertz CT molecular complexity index is 1220. The zero-order chi connectivity index (χ0) is 24.9. The second kappa shape index (κ2) is 10.7. The monoisotopic (exact) mass is 501 g/mol. The molecule has 1 fully saturated rings. The molecule has 186 valence electrons. The summed E-state index contributed by atoms with van der Waals surface area (Å²) in [6.07, 6.45) is 1.28. The van der Waals surface area contributed by atoms with Gasteiger partial charge in [0.25, 0.3) is 0 Å². The van der Waals surface area contributed by atoms with Gasteiger partial charge in [0.15, 0.2) is 11.5 Å². The molecule has 35 heavy (non-hydrogen) atoms. The minimum absolute atomic E-state index is 0.00151. The zero-order valence-corrected chi connectivity index (χ0v) is 20.6. The van der Waals surface area contributed by atoms with Crippen LogP contribution in [0.15, 0.2) is 24.3 Å². The van der Waals surface area contributed by atoms with Crippen LogP contribution >= 0.6 is 11.3 Å². The number of ether oxygens (including phenoxy) is 3. The molecule has 1 aliphatic heterocycles. The Morgan fingerprint density at radius 3 is 2.60 bits per heavy atom. The van der Waals surface area contributed by atoms with E-state index >= 15 is 0 Å². The second-order valence-corrected chi connectivity index (χ2v) is 9.00.